The number of nitrogens with zero attached hydrogens (tertiary/aromatic N) is 1. The molecule has 0 radical (unpaired) electrons. The first-order valence-electron chi connectivity index (χ1n) is 5.67. The minimum absolute atomic E-state index is 0.595. The molecule has 2 amide bonds. The molecule has 6 nitrogen and oxygen atoms in total. The van der Waals surface area contributed by atoms with E-state index in [2.05, 4.69) is 26.5 Å². The Hall–Kier alpha value is -1.76. The number of carbonyl (C=O) groups is 1. The topological polar surface area (TPSA) is 85.9 Å². The Morgan fingerprint density at radius 1 is 1.53 bits per heavy atom. The standard InChI is InChI=1S/C12H16BrN3O3/c1-3-4-19-11-6-9(13)8(5-10(11)18-2)7-15-16-12(14)17/h5-7H,3-4H2,1-2H3,(H3,14,16,17)/b15-7-. The van der Waals surface area contributed by atoms with Gasteiger partial charge in [0.05, 0.1) is 19.9 Å². The number of amides is 2. The molecule has 1 rings (SSSR count). The first-order chi connectivity index (χ1) is 9.08. The van der Waals surface area contributed by atoms with Crippen LogP contribution in [0.4, 0.5) is 4.79 Å². The molecular formula is C12H16BrN3O3. The molecule has 0 spiro atoms. The van der Waals surface area contributed by atoms with Crippen molar-refractivity contribution >= 4 is 28.2 Å². The van der Waals surface area contributed by atoms with E-state index in [4.69, 9.17) is 15.2 Å². The van der Waals surface area contributed by atoms with Crippen LogP contribution in [0.2, 0.25) is 0 Å². The molecular weight excluding hydrogens is 314 g/mol. The van der Waals surface area contributed by atoms with Crippen LogP contribution in [-0.4, -0.2) is 26.0 Å². The lowest BCUT2D eigenvalue weighted by Crippen LogP contribution is -2.24. The van der Waals surface area contributed by atoms with Gasteiger partial charge in [0, 0.05) is 10.0 Å². The summed E-state index contributed by atoms with van der Waals surface area (Å²) >= 11 is 3.40. The average molecular weight is 330 g/mol. The number of hydrogen-bond acceptors (Lipinski definition) is 4. The summed E-state index contributed by atoms with van der Waals surface area (Å²) in [5, 5.41) is 3.69. The summed E-state index contributed by atoms with van der Waals surface area (Å²) in [6.07, 6.45) is 2.37. The summed E-state index contributed by atoms with van der Waals surface area (Å²) in [5.74, 6) is 1.24. The highest BCUT2D eigenvalue weighted by Gasteiger charge is 2.09. The molecule has 7 heteroatoms. The highest BCUT2D eigenvalue weighted by atomic mass is 79.9. The summed E-state index contributed by atoms with van der Waals surface area (Å²) in [5.41, 5.74) is 7.76. The number of primary amides is 1. The fourth-order valence-corrected chi connectivity index (χ4v) is 1.72. The Bertz CT molecular complexity index is 478. The molecule has 19 heavy (non-hydrogen) atoms. The van der Waals surface area contributed by atoms with Crippen LogP contribution >= 0.6 is 15.9 Å². The van der Waals surface area contributed by atoms with E-state index < -0.39 is 6.03 Å². The van der Waals surface area contributed by atoms with Crippen molar-refractivity contribution in [3.8, 4) is 11.5 Å². The second kappa shape index (κ2) is 7.63. The van der Waals surface area contributed by atoms with E-state index in [9.17, 15) is 4.79 Å². The van der Waals surface area contributed by atoms with Crippen molar-refractivity contribution < 1.29 is 14.3 Å². The van der Waals surface area contributed by atoms with Gasteiger partial charge in [-0.2, -0.15) is 5.10 Å². The quantitative estimate of drug-likeness (QED) is 0.620. The molecule has 0 saturated carbocycles. The first-order valence-corrected chi connectivity index (χ1v) is 6.46. The average Bonchev–Trinajstić information content (AvgIpc) is 2.38. The molecule has 0 aliphatic rings. The van der Waals surface area contributed by atoms with E-state index in [0.717, 1.165) is 16.5 Å². The molecule has 0 unspecified atom stereocenters. The van der Waals surface area contributed by atoms with Crippen LogP contribution in [0.5, 0.6) is 11.5 Å². The molecule has 104 valence electrons. The van der Waals surface area contributed by atoms with Crippen LogP contribution in [0.15, 0.2) is 21.7 Å². The molecule has 1 aromatic carbocycles. The number of urea groups is 1. The van der Waals surface area contributed by atoms with Crippen molar-refractivity contribution in [2.24, 2.45) is 10.8 Å². The third-order valence-electron chi connectivity index (χ3n) is 2.12. The molecule has 0 saturated heterocycles. The second-order valence-electron chi connectivity index (χ2n) is 3.61. The number of hydrazone groups is 1. The van der Waals surface area contributed by atoms with E-state index >= 15 is 0 Å². The maximum absolute atomic E-state index is 10.5. The minimum Gasteiger partial charge on any atom is -0.493 e. The molecule has 0 bridgehead atoms. The normalized spacial score (nSPS) is 10.5. The van der Waals surface area contributed by atoms with E-state index in [1.54, 1.807) is 19.2 Å². The van der Waals surface area contributed by atoms with Gasteiger partial charge in [-0.05, 0) is 34.5 Å². The van der Waals surface area contributed by atoms with Crippen molar-refractivity contribution in [2.75, 3.05) is 13.7 Å². The van der Waals surface area contributed by atoms with Crippen molar-refractivity contribution in [2.45, 2.75) is 13.3 Å². The maximum Gasteiger partial charge on any atom is 0.332 e. The maximum atomic E-state index is 10.5. The van der Waals surface area contributed by atoms with Crippen molar-refractivity contribution in [1.29, 1.82) is 0 Å². The van der Waals surface area contributed by atoms with Gasteiger partial charge in [-0.1, -0.05) is 6.92 Å². The van der Waals surface area contributed by atoms with E-state index in [1.165, 1.54) is 6.21 Å². The van der Waals surface area contributed by atoms with Gasteiger partial charge in [0.25, 0.3) is 0 Å². The number of ether oxygens (including phenoxy) is 2. The Kier molecular flexibility index (Phi) is 6.14. The minimum atomic E-state index is -0.720. The third kappa shape index (κ3) is 4.78. The lowest BCUT2D eigenvalue weighted by Gasteiger charge is -2.11. The molecule has 0 atom stereocenters. The summed E-state index contributed by atoms with van der Waals surface area (Å²) < 4.78 is 11.6. The van der Waals surface area contributed by atoms with E-state index in [-0.39, 0.29) is 0 Å². The summed E-state index contributed by atoms with van der Waals surface area (Å²) in [6.45, 7) is 2.64. The van der Waals surface area contributed by atoms with Crippen LogP contribution in [0.3, 0.4) is 0 Å². The number of halogens is 1. The first kappa shape index (κ1) is 15.3. The van der Waals surface area contributed by atoms with Gasteiger partial charge in [0.1, 0.15) is 0 Å². The highest BCUT2D eigenvalue weighted by Crippen LogP contribution is 2.32. The predicted molar refractivity (Wildman–Crippen MR) is 76.8 cm³/mol. The van der Waals surface area contributed by atoms with Crippen molar-refractivity contribution in [3.63, 3.8) is 0 Å². The third-order valence-corrected chi connectivity index (χ3v) is 2.81. The van der Waals surface area contributed by atoms with Gasteiger partial charge in [-0.3, -0.25) is 0 Å². The fraction of sp³-hybridized carbons (Fsp3) is 0.333. The Morgan fingerprint density at radius 2 is 2.26 bits per heavy atom. The van der Waals surface area contributed by atoms with Crippen LogP contribution in [0.1, 0.15) is 18.9 Å². The van der Waals surface area contributed by atoms with E-state index in [1.807, 2.05) is 6.92 Å². The Morgan fingerprint density at radius 3 is 2.84 bits per heavy atom. The summed E-state index contributed by atoms with van der Waals surface area (Å²) in [7, 11) is 1.56. The lowest BCUT2D eigenvalue weighted by atomic mass is 10.2. The summed E-state index contributed by atoms with van der Waals surface area (Å²) in [4.78, 5) is 10.5. The monoisotopic (exact) mass is 329 g/mol. The molecule has 0 aromatic heterocycles. The molecule has 1 aromatic rings. The van der Waals surface area contributed by atoms with Crippen LogP contribution < -0.4 is 20.6 Å². The van der Waals surface area contributed by atoms with Gasteiger partial charge in [-0.15, -0.1) is 0 Å². The van der Waals surface area contributed by atoms with Crippen LogP contribution in [0, 0.1) is 0 Å². The van der Waals surface area contributed by atoms with Gasteiger partial charge < -0.3 is 15.2 Å². The number of rotatable bonds is 6. The van der Waals surface area contributed by atoms with Gasteiger partial charge in [0.2, 0.25) is 0 Å². The summed E-state index contributed by atoms with van der Waals surface area (Å²) in [6, 6.07) is 2.82. The smallest absolute Gasteiger partial charge is 0.332 e. The molecule has 0 aliphatic carbocycles. The zero-order valence-corrected chi connectivity index (χ0v) is 12.4. The second-order valence-corrected chi connectivity index (χ2v) is 4.46. The molecule has 0 heterocycles. The van der Waals surface area contributed by atoms with Crippen molar-refractivity contribution in [1.82, 2.24) is 5.43 Å². The molecule has 0 fully saturated rings. The van der Waals surface area contributed by atoms with Crippen LogP contribution in [0.25, 0.3) is 0 Å². The largest absolute Gasteiger partial charge is 0.493 e. The Balaban J connectivity index is 2.95. The lowest BCUT2D eigenvalue weighted by molar-refractivity contribution is 0.249. The SMILES string of the molecule is CCCOc1cc(Br)c(/C=N\NC(N)=O)cc1OC. The van der Waals surface area contributed by atoms with E-state index in [0.29, 0.717) is 18.1 Å². The highest BCUT2D eigenvalue weighted by molar-refractivity contribution is 9.10. The Labute approximate surface area is 120 Å². The molecule has 0 aliphatic heterocycles. The van der Waals surface area contributed by atoms with Crippen molar-refractivity contribution in [3.05, 3.63) is 22.2 Å². The van der Waals surface area contributed by atoms with Gasteiger partial charge >= 0.3 is 6.03 Å². The number of nitrogens with one attached hydrogen (secondary N) is 1. The zero-order chi connectivity index (χ0) is 14.3. The number of nitrogens with two attached hydrogens (primary N) is 1. The number of hydrogen-bond donors (Lipinski definition) is 2. The van der Waals surface area contributed by atoms with Gasteiger partial charge in [-0.25, -0.2) is 10.2 Å². The number of carbonyl (C=O) groups excluding carboxylic acids is 1. The van der Waals surface area contributed by atoms with Crippen LogP contribution in [-0.2, 0) is 0 Å². The van der Waals surface area contributed by atoms with Gasteiger partial charge in [0.15, 0.2) is 11.5 Å². The fourth-order valence-electron chi connectivity index (χ4n) is 1.30. The number of methoxy groups -OCH3 is 1. The predicted octanol–water partition coefficient (Wildman–Crippen LogP) is 2.25. The zero-order valence-electron chi connectivity index (χ0n) is 10.8. The molecule has 3 N–H and O–H groups in total. The number of benzene rings is 1.